The van der Waals surface area contributed by atoms with Crippen LogP contribution in [0.4, 0.5) is 0 Å². The summed E-state index contributed by atoms with van der Waals surface area (Å²) >= 11 is 0. The second kappa shape index (κ2) is 6.05. The predicted octanol–water partition coefficient (Wildman–Crippen LogP) is 1.88. The van der Waals surface area contributed by atoms with Gasteiger partial charge in [0.1, 0.15) is 0 Å². The molecule has 0 atom stereocenters. The zero-order valence-electron chi connectivity index (χ0n) is 10.7. The van der Waals surface area contributed by atoms with Crippen molar-refractivity contribution in [3.8, 4) is 0 Å². The van der Waals surface area contributed by atoms with Crippen molar-refractivity contribution in [2.45, 2.75) is 51.2 Å². The van der Waals surface area contributed by atoms with E-state index in [9.17, 15) is 0 Å². The van der Waals surface area contributed by atoms with Gasteiger partial charge in [-0.3, -0.25) is 4.99 Å². The van der Waals surface area contributed by atoms with Crippen molar-refractivity contribution >= 4 is 29.9 Å². The molecule has 0 spiro atoms. The first-order valence-corrected chi connectivity index (χ1v) is 5.50. The number of rotatable bonds is 3. The van der Waals surface area contributed by atoms with Gasteiger partial charge in [-0.15, -0.1) is 24.0 Å². The Hall–Kier alpha value is -0.0400. The number of halogens is 1. The number of hydrogen-bond donors (Lipinski definition) is 2. The van der Waals surface area contributed by atoms with Crippen LogP contribution >= 0.6 is 24.0 Å². The Bertz CT molecular complexity index is 239. The quantitative estimate of drug-likeness (QED) is 0.468. The summed E-state index contributed by atoms with van der Waals surface area (Å²) in [7, 11) is 1.75. The van der Waals surface area contributed by atoms with Gasteiger partial charge in [-0.25, -0.2) is 0 Å². The third-order valence-electron chi connectivity index (χ3n) is 2.74. The molecular formula is C11H24IN3O. The maximum Gasteiger partial charge on any atom is 0.189 e. The summed E-state index contributed by atoms with van der Waals surface area (Å²) in [6.45, 7) is 6.85. The van der Waals surface area contributed by atoms with Crippen molar-refractivity contribution in [1.82, 2.24) is 5.32 Å². The molecule has 0 bridgehead atoms. The molecule has 0 aromatic heterocycles. The summed E-state index contributed by atoms with van der Waals surface area (Å²) < 4.78 is 5.46. The third kappa shape index (κ3) is 4.86. The lowest BCUT2D eigenvalue weighted by Crippen LogP contribution is -2.47. The number of nitrogens with two attached hydrogens (primary N) is 1. The fourth-order valence-electron chi connectivity index (χ4n) is 1.65. The van der Waals surface area contributed by atoms with Crippen LogP contribution in [0.1, 0.15) is 40.0 Å². The molecule has 0 radical (unpaired) electrons. The Morgan fingerprint density at radius 1 is 1.44 bits per heavy atom. The lowest BCUT2D eigenvalue weighted by atomic mass is 9.80. The molecule has 4 nitrogen and oxygen atoms in total. The summed E-state index contributed by atoms with van der Waals surface area (Å²) in [5, 5.41) is 3.14. The van der Waals surface area contributed by atoms with E-state index in [4.69, 9.17) is 10.5 Å². The predicted molar refractivity (Wildman–Crippen MR) is 78.4 cm³/mol. The van der Waals surface area contributed by atoms with Crippen LogP contribution in [0.25, 0.3) is 0 Å². The van der Waals surface area contributed by atoms with Gasteiger partial charge in [0.05, 0.1) is 12.1 Å². The average molecular weight is 341 g/mol. The minimum atomic E-state index is -0.0375. The minimum absolute atomic E-state index is 0. The fourth-order valence-corrected chi connectivity index (χ4v) is 1.65. The molecule has 0 saturated heterocycles. The van der Waals surface area contributed by atoms with E-state index < -0.39 is 0 Å². The Balaban J connectivity index is 0.00000225. The highest BCUT2D eigenvalue weighted by molar-refractivity contribution is 14.0. The smallest absolute Gasteiger partial charge is 0.189 e. The van der Waals surface area contributed by atoms with E-state index >= 15 is 0 Å². The molecule has 3 N–H and O–H groups in total. The van der Waals surface area contributed by atoms with Crippen molar-refractivity contribution in [3.63, 3.8) is 0 Å². The van der Waals surface area contributed by atoms with E-state index in [1.165, 1.54) is 6.42 Å². The van der Waals surface area contributed by atoms with Crippen LogP contribution in [-0.2, 0) is 4.74 Å². The number of methoxy groups -OCH3 is 1. The second-order valence-corrected chi connectivity index (χ2v) is 5.32. The highest BCUT2D eigenvalue weighted by Gasteiger charge is 2.36. The van der Waals surface area contributed by atoms with Gasteiger partial charge in [0.25, 0.3) is 0 Å². The molecule has 0 aromatic carbocycles. The van der Waals surface area contributed by atoms with Crippen LogP contribution < -0.4 is 11.1 Å². The van der Waals surface area contributed by atoms with Crippen LogP contribution in [0, 0.1) is 0 Å². The summed E-state index contributed by atoms with van der Waals surface area (Å²) in [6, 6.07) is 0. The molecule has 0 amide bonds. The molecule has 0 aliphatic heterocycles. The summed E-state index contributed by atoms with van der Waals surface area (Å²) in [4.78, 5) is 4.33. The van der Waals surface area contributed by atoms with Crippen LogP contribution in [0.3, 0.4) is 0 Å². The minimum Gasteiger partial charge on any atom is -0.376 e. The number of ether oxygens (including phenoxy) is 1. The number of nitrogens with one attached hydrogen (secondary N) is 1. The maximum absolute atomic E-state index is 5.78. The number of nitrogens with zero attached hydrogens (tertiary/aromatic N) is 1. The van der Waals surface area contributed by atoms with Gasteiger partial charge in [-0.2, -0.15) is 0 Å². The Morgan fingerprint density at radius 3 is 2.31 bits per heavy atom. The third-order valence-corrected chi connectivity index (χ3v) is 2.74. The van der Waals surface area contributed by atoms with Gasteiger partial charge in [0.2, 0.25) is 0 Å². The van der Waals surface area contributed by atoms with Gasteiger partial charge in [0, 0.05) is 12.6 Å². The number of guanidine groups is 1. The van der Waals surface area contributed by atoms with Gasteiger partial charge >= 0.3 is 0 Å². The van der Waals surface area contributed by atoms with Crippen LogP contribution in [0.5, 0.6) is 0 Å². The molecule has 1 rings (SSSR count). The second-order valence-electron chi connectivity index (χ2n) is 5.32. The summed E-state index contributed by atoms with van der Waals surface area (Å²) in [6.07, 6.45) is 3.42. The Labute approximate surface area is 115 Å². The van der Waals surface area contributed by atoms with Crippen molar-refractivity contribution in [2.24, 2.45) is 10.7 Å². The zero-order valence-corrected chi connectivity index (χ0v) is 13.0. The van der Waals surface area contributed by atoms with E-state index in [1.807, 2.05) is 0 Å². The van der Waals surface area contributed by atoms with Gasteiger partial charge in [0.15, 0.2) is 5.96 Å². The Kier molecular flexibility index (Phi) is 6.03. The highest BCUT2D eigenvalue weighted by atomic mass is 127. The lowest BCUT2D eigenvalue weighted by Gasteiger charge is -2.39. The monoisotopic (exact) mass is 341 g/mol. The first kappa shape index (κ1) is 16.0. The molecule has 0 aromatic rings. The number of aliphatic imine (C=N–C) groups is 1. The molecule has 1 fully saturated rings. The van der Waals surface area contributed by atoms with E-state index in [-0.39, 0.29) is 35.1 Å². The molecule has 96 valence electrons. The highest BCUT2D eigenvalue weighted by Crippen LogP contribution is 2.35. The molecule has 1 aliphatic carbocycles. The molecule has 16 heavy (non-hydrogen) atoms. The summed E-state index contributed by atoms with van der Waals surface area (Å²) in [5.41, 5.74) is 5.71. The molecule has 1 aliphatic rings. The SMILES string of the molecule is COC1(CN=C(N)NC(C)(C)C)CCC1.I. The van der Waals surface area contributed by atoms with E-state index in [0.29, 0.717) is 12.5 Å². The van der Waals surface area contributed by atoms with Crippen molar-refractivity contribution in [2.75, 3.05) is 13.7 Å². The van der Waals surface area contributed by atoms with E-state index in [1.54, 1.807) is 7.11 Å². The fraction of sp³-hybridized carbons (Fsp3) is 0.909. The standard InChI is InChI=1S/C11H23N3O.HI/c1-10(2,3)14-9(12)13-8-11(15-4)6-5-7-11;/h5-8H2,1-4H3,(H3,12,13,14);1H. The van der Waals surface area contributed by atoms with Gasteiger partial charge in [-0.1, -0.05) is 0 Å². The lowest BCUT2D eigenvalue weighted by molar-refractivity contribution is -0.0630. The van der Waals surface area contributed by atoms with Crippen molar-refractivity contribution in [3.05, 3.63) is 0 Å². The van der Waals surface area contributed by atoms with Crippen LogP contribution in [0.2, 0.25) is 0 Å². The van der Waals surface area contributed by atoms with Crippen molar-refractivity contribution < 1.29 is 4.74 Å². The first-order valence-electron chi connectivity index (χ1n) is 5.50. The largest absolute Gasteiger partial charge is 0.376 e. The summed E-state index contributed by atoms with van der Waals surface area (Å²) in [5.74, 6) is 0.505. The molecular weight excluding hydrogens is 317 g/mol. The maximum atomic E-state index is 5.78. The molecule has 0 unspecified atom stereocenters. The average Bonchev–Trinajstić information content (AvgIpc) is 1.99. The first-order chi connectivity index (χ1) is 6.87. The molecule has 1 saturated carbocycles. The van der Waals surface area contributed by atoms with E-state index in [2.05, 4.69) is 31.1 Å². The van der Waals surface area contributed by atoms with E-state index in [0.717, 1.165) is 12.8 Å². The van der Waals surface area contributed by atoms with Gasteiger partial charge in [-0.05, 0) is 40.0 Å². The topological polar surface area (TPSA) is 59.6 Å². The molecule has 0 heterocycles. The Morgan fingerprint density at radius 2 is 2.00 bits per heavy atom. The normalized spacial score (nSPS) is 19.6. The van der Waals surface area contributed by atoms with Crippen LogP contribution in [-0.4, -0.2) is 30.8 Å². The van der Waals surface area contributed by atoms with Crippen LogP contribution in [0.15, 0.2) is 4.99 Å². The van der Waals surface area contributed by atoms with Crippen molar-refractivity contribution in [1.29, 1.82) is 0 Å². The molecule has 5 heteroatoms. The van der Waals surface area contributed by atoms with Gasteiger partial charge < -0.3 is 15.8 Å². The number of hydrogen-bond acceptors (Lipinski definition) is 2. The zero-order chi connectivity index (χ0) is 11.5.